The Morgan fingerprint density at radius 2 is 2.06 bits per heavy atom. The van der Waals surface area contributed by atoms with Crippen molar-refractivity contribution in [1.29, 1.82) is 0 Å². The van der Waals surface area contributed by atoms with Crippen molar-refractivity contribution in [2.45, 2.75) is 24.9 Å². The Morgan fingerprint density at radius 3 is 2.88 bits per heavy atom. The monoisotopic (exact) mass is 234 g/mol. The minimum Gasteiger partial charge on any atom is -0.491 e. The summed E-state index contributed by atoms with van der Waals surface area (Å²) >= 11 is 5.26. The van der Waals surface area contributed by atoms with Crippen LogP contribution in [0.4, 0.5) is 0 Å². The zero-order valence-corrected chi connectivity index (χ0v) is 9.72. The molecule has 3 rings (SSSR count). The lowest BCUT2D eigenvalue weighted by Gasteiger charge is -2.14. The molecule has 1 aliphatic heterocycles. The van der Waals surface area contributed by atoms with Gasteiger partial charge >= 0.3 is 0 Å². The van der Waals surface area contributed by atoms with Gasteiger partial charge < -0.3 is 15.4 Å². The van der Waals surface area contributed by atoms with E-state index in [-0.39, 0.29) is 6.04 Å². The van der Waals surface area contributed by atoms with E-state index in [1.165, 1.54) is 18.4 Å². The molecular formula is C12H14N2OS. The van der Waals surface area contributed by atoms with Gasteiger partial charge in [-0.15, -0.1) is 0 Å². The summed E-state index contributed by atoms with van der Waals surface area (Å²) in [7, 11) is 0. The van der Waals surface area contributed by atoms with E-state index < -0.39 is 0 Å². The highest BCUT2D eigenvalue weighted by molar-refractivity contribution is 7.80. The Hall–Kier alpha value is -1.29. The Labute approximate surface area is 100 Å². The molecule has 1 fully saturated rings. The highest BCUT2D eigenvalue weighted by atomic mass is 32.1. The fourth-order valence-corrected chi connectivity index (χ4v) is 2.20. The lowest BCUT2D eigenvalue weighted by Crippen LogP contribution is -2.39. The molecule has 2 aliphatic rings. The first-order valence-corrected chi connectivity index (χ1v) is 6.02. The van der Waals surface area contributed by atoms with E-state index in [1.807, 2.05) is 18.2 Å². The molecular weight excluding hydrogens is 220 g/mol. The van der Waals surface area contributed by atoms with Crippen LogP contribution >= 0.6 is 12.2 Å². The maximum absolute atomic E-state index is 5.58. The quantitative estimate of drug-likeness (QED) is 0.764. The number of benzene rings is 1. The second kappa shape index (κ2) is 3.94. The topological polar surface area (TPSA) is 33.3 Å². The third-order valence-corrected chi connectivity index (χ3v) is 3.15. The number of nitrogens with one attached hydrogen (secondary N) is 2. The second-order valence-corrected chi connectivity index (χ2v) is 4.70. The smallest absolute Gasteiger partial charge is 0.167 e. The molecule has 4 heteroatoms. The summed E-state index contributed by atoms with van der Waals surface area (Å²) in [5, 5.41) is 7.32. The fourth-order valence-electron chi connectivity index (χ4n) is 1.90. The summed E-state index contributed by atoms with van der Waals surface area (Å²) in [5.41, 5.74) is 1.20. The normalized spacial score (nSPS) is 22.1. The number of hydrogen-bond donors (Lipinski definition) is 2. The molecule has 0 radical (unpaired) electrons. The van der Waals surface area contributed by atoms with E-state index in [0.717, 1.165) is 10.9 Å². The highest BCUT2D eigenvalue weighted by Crippen LogP contribution is 2.31. The van der Waals surface area contributed by atoms with Crippen molar-refractivity contribution >= 4 is 17.3 Å². The van der Waals surface area contributed by atoms with Crippen LogP contribution in [-0.4, -0.2) is 17.8 Å². The minimum atomic E-state index is 0.190. The number of fused-ring (bicyclic) bond motifs is 1. The third kappa shape index (κ3) is 1.97. The van der Waals surface area contributed by atoms with Gasteiger partial charge in [0.1, 0.15) is 12.4 Å². The molecule has 0 spiro atoms. The first-order chi connectivity index (χ1) is 7.83. The molecule has 3 nitrogen and oxygen atoms in total. The van der Waals surface area contributed by atoms with Crippen LogP contribution in [-0.2, 0) is 0 Å². The SMILES string of the molecule is S=C(NC1CC1)NC1COc2ccccc21. The van der Waals surface area contributed by atoms with E-state index >= 15 is 0 Å². The van der Waals surface area contributed by atoms with Gasteiger partial charge in [-0.3, -0.25) is 0 Å². The van der Waals surface area contributed by atoms with Crippen LogP contribution in [0, 0.1) is 0 Å². The van der Waals surface area contributed by atoms with E-state index in [4.69, 9.17) is 17.0 Å². The van der Waals surface area contributed by atoms with Crippen LogP contribution in [0.5, 0.6) is 5.75 Å². The molecule has 2 N–H and O–H groups in total. The predicted molar refractivity (Wildman–Crippen MR) is 66.6 cm³/mol. The summed E-state index contributed by atoms with van der Waals surface area (Å²) in [6.07, 6.45) is 2.47. The maximum atomic E-state index is 5.58. The Bertz CT molecular complexity index is 417. The number of rotatable bonds is 2. The Morgan fingerprint density at radius 1 is 1.25 bits per heavy atom. The number of hydrogen-bond acceptors (Lipinski definition) is 2. The van der Waals surface area contributed by atoms with Gasteiger partial charge in [0, 0.05) is 11.6 Å². The molecule has 1 aromatic rings. The number of para-hydroxylation sites is 1. The first kappa shape index (κ1) is 9.90. The third-order valence-electron chi connectivity index (χ3n) is 2.92. The van der Waals surface area contributed by atoms with Crippen LogP contribution in [0.15, 0.2) is 24.3 Å². The zero-order chi connectivity index (χ0) is 11.0. The standard InChI is InChI=1S/C12H14N2OS/c16-12(13-8-5-6-8)14-10-7-15-11-4-2-1-3-9(10)11/h1-4,8,10H,5-7H2,(H2,13,14,16). The van der Waals surface area contributed by atoms with Gasteiger partial charge in [0.15, 0.2) is 5.11 Å². The minimum absolute atomic E-state index is 0.190. The van der Waals surface area contributed by atoms with Crippen molar-refractivity contribution in [3.8, 4) is 5.75 Å². The van der Waals surface area contributed by atoms with Crippen LogP contribution < -0.4 is 15.4 Å². The van der Waals surface area contributed by atoms with Crippen LogP contribution in [0.3, 0.4) is 0 Å². The summed E-state index contributed by atoms with van der Waals surface area (Å²) in [6.45, 7) is 0.659. The van der Waals surface area contributed by atoms with Gasteiger partial charge in [-0.2, -0.15) is 0 Å². The molecule has 0 aromatic heterocycles. The Balaban J connectivity index is 1.65. The van der Waals surface area contributed by atoms with Crippen molar-refractivity contribution < 1.29 is 4.74 Å². The van der Waals surface area contributed by atoms with Gasteiger partial charge in [-0.1, -0.05) is 18.2 Å². The molecule has 16 heavy (non-hydrogen) atoms. The van der Waals surface area contributed by atoms with Crippen molar-refractivity contribution in [1.82, 2.24) is 10.6 Å². The van der Waals surface area contributed by atoms with Gasteiger partial charge in [-0.05, 0) is 31.1 Å². The predicted octanol–water partition coefficient (Wildman–Crippen LogP) is 1.75. The van der Waals surface area contributed by atoms with Crippen LogP contribution in [0.1, 0.15) is 24.4 Å². The number of ether oxygens (including phenoxy) is 1. The highest BCUT2D eigenvalue weighted by Gasteiger charge is 2.26. The molecule has 1 unspecified atom stereocenters. The first-order valence-electron chi connectivity index (χ1n) is 5.62. The molecule has 0 amide bonds. The fraction of sp³-hybridized carbons (Fsp3) is 0.417. The summed E-state index contributed by atoms with van der Waals surface area (Å²) < 4.78 is 5.58. The van der Waals surface area contributed by atoms with Crippen molar-refractivity contribution in [2.75, 3.05) is 6.61 Å². The van der Waals surface area contributed by atoms with E-state index in [0.29, 0.717) is 12.6 Å². The summed E-state index contributed by atoms with van der Waals surface area (Å²) in [6, 6.07) is 8.88. The van der Waals surface area contributed by atoms with Crippen molar-refractivity contribution in [3.05, 3.63) is 29.8 Å². The molecule has 1 aromatic carbocycles. The number of thiocarbonyl (C=S) groups is 1. The van der Waals surface area contributed by atoms with Gasteiger partial charge in [0.2, 0.25) is 0 Å². The van der Waals surface area contributed by atoms with Crippen LogP contribution in [0.2, 0.25) is 0 Å². The molecule has 0 saturated heterocycles. The van der Waals surface area contributed by atoms with Gasteiger partial charge in [0.25, 0.3) is 0 Å². The van der Waals surface area contributed by atoms with Gasteiger partial charge in [-0.25, -0.2) is 0 Å². The average molecular weight is 234 g/mol. The summed E-state index contributed by atoms with van der Waals surface area (Å²) in [5.74, 6) is 0.967. The zero-order valence-electron chi connectivity index (χ0n) is 8.90. The van der Waals surface area contributed by atoms with Crippen LogP contribution in [0.25, 0.3) is 0 Å². The molecule has 1 heterocycles. The van der Waals surface area contributed by atoms with E-state index in [1.54, 1.807) is 0 Å². The van der Waals surface area contributed by atoms with Gasteiger partial charge in [0.05, 0.1) is 6.04 Å². The average Bonchev–Trinajstić information content (AvgIpc) is 3.00. The molecule has 1 aliphatic carbocycles. The van der Waals surface area contributed by atoms with Crippen molar-refractivity contribution in [3.63, 3.8) is 0 Å². The lowest BCUT2D eigenvalue weighted by atomic mass is 10.1. The Kier molecular flexibility index (Phi) is 2.44. The molecule has 84 valence electrons. The van der Waals surface area contributed by atoms with E-state index in [9.17, 15) is 0 Å². The lowest BCUT2D eigenvalue weighted by molar-refractivity contribution is 0.324. The second-order valence-electron chi connectivity index (χ2n) is 4.29. The summed E-state index contributed by atoms with van der Waals surface area (Å²) in [4.78, 5) is 0. The molecule has 1 saturated carbocycles. The maximum Gasteiger partial charge on any atom is 0.167 e. The largest absolute Gasteiger partial charge is 0.491 e. The molecule has 0 bridgehead atoms. The van der Waals surface area contributed by atoms with Crippen molar-refractivity contribution in [2.24, 2.45) is 0 Å². The van der Waals surface area contributed by atoms with E-state index in [2.05, 4.69) is 16.7 Å². The molecule has 1 atom stereocenters.